The Hall–Kier alpha value is -3.28. The predicted octanol–water partition coefficient (Wildman–Crippen LogP) is 2.50. The summed E-state index contributed by atoms with van der Waals surface area (Å²) in [5, 5.41) is 13.8. The molecule has 0 unspecified atom stereocenters. The molecule has 6 heteroatoms. The molecule has 1 amide bonds. The van der Waals surface area contributed by atoms with Crippen molar-refractivity contribution in [2.24, 2.45) is 7.05 Å². The summed E-state index contributed by atoms with van der Waals surface area (Å²) in [6, 6.07) is 13.4. The fraction of sp³-hybridized carbons (Fsp3) is 0.111. The molecule has 0 aliphatic heterocycles. The van der Waals surface area contributed by atoms with E-state index in [9.17, 15) is 14.7 Å². The number of fused-ring (bicyclic) bond motifs is 1. The second-order valence-corrected chi connectivity index (χ2v) is 5.29. The van der Waals surface area contributed by atoms with E-state index in [0.717, 1.165) is 4.57 Å². The third-order valence-corrected chi connectivity index (χ3v) is 3.84. The molecule has 0 saturated carbocycles. The zero-order chi connectivity index (χ0) is 17.3. The SMILES string of the molecule is COc1ccc(NC(=O)c2c(O)c3ccccc3c(=O)n2C)cc1. The van der Waals surface area contributed by atoms with Crippen molar-refractivity contribution in [3.05, 3.63) is 64.6 Å². The number of carbonyl (C=O) groups is 1. The zero-order valence-corrected chi connectivity index (χ0v) is 13.2. The van der Waals surface area contributed by atoms with Gasteiger partial charge in [0, 0.05) is 18.1 Å². The van der Waals surface area contributed by atoms with Gasteiger partial charge in [-0.25, -0.2) is 0 Å². The molecule has 1 heterocycles. The molecule has 0 fully saturated rings. The Morgan fingerprint density at radius 3 is 2.33 bits per heavy atom. The number of methoxy groups -OCH3 is 1. The van der Waals surface area contributed by atoms with E-state index in [-0.39, 0.29) is 17.0 Å². The second kappa shape index (κ2) is 6.08. The Bertz CT molecular complexity index is 975. The number of carbonyl (C=O) groups excluding carboxylic acids is 1. The van der Waals surface area contributed by atoms with Gasteiger partial charge >= 0.3 is 0 Å². The number of hydrogen-bond acceptors (Lipinski definition) is 4. The van der Waals surface area contributed by atoms with Crippen LogP contribution in [0, 0.1) is 0 Å². The molecule has 122 valence electrons. The van der Waals surface area contributed by atoms with Crippen molar-refractivity contribution >= 4 is 22.4 Å². The van der Waals surface area contributed by atoms with Crippen LogP contribution in [0.3, 0.4) is 0 Å². The average Bonchev–Trinajstić information content (AvgIpc) is 2.60. The molecule has 0 aliphatic rings. The first-order valence-corrected chi connectivity index (χ1v) is 7.29. The molecule has 3 rings (SSSR count). The number of hydrogen-bond donors (Lipinski definition) is 2. The Balaban J connectivity index is 2.04. The van der Waals surface area contributed by atoms with E-state index in [1.165, 1.54) is 7.05 Å². The molecular formula is C18H16N2O4. The summed E-state index contributed by atoms with van der Waals surface area (Å²) in [6.07, 6.45) is 0. The highest BCUT2D eigenvalue weighted by atomic mass is 16.5. The van der Waals surface area contributed by atoms with Crippen LogP contribution in [0.15, 0.2) is 53.3 Å². The summed E-state index contributed by atoms with van der Waals surface area (Å²) in [5.74, 6) is -0.129. The van der Waals surface area contributed by atoms with E-state index in [2.05, 4.69) is 5.32 Å². The van der Waals surface area contributed by atoms with Crippen molar-refractivity contribution in [1.29, 1.82) is 0 Å². The monoisotopic (exact) mass is 324 g/mol. The molecular weight excluding hydrogens is 308 g/mol. The number of anilines is 1. The van der Waals surface area contributed by atoms with Crippen LogP contribution < -0.4 is 15.6 Å². The van der Waals surface area contributed by atoms with Crippen molar-refractivity contribution in [3.8, 4) is 11.5 Å². The van der Waals surface area contributed by atoms with E-state index in [4.69, 9.17) is 4.74 Å². The first-order valence-electron chi connectivity index (χ1n) is 7.29. The minimum absolute atomic E-state index is 0.0884. The van der Waals surface area contributed by atoms with Gasteiger partial charge in [-0.1, -0.05) is 18.2 Å². The van der Waals surface area contributed by atoms with Gasteiger partial charge in [-0.3, -0.25) is 9.59 Å². The van der Waals surface area contributed by atoms with Gasteiger partial charge in [-0.2, -0.15) is 0 Å². The topological polar surface area (TPSA) is 80.6 Å². The molecule has 24 heavy (non-hydrogen) atoms. The van der Waals surface area contributed by atoms with Crippen LogP contribution in [0.1, 0.15) is 10.5 Å². The number of benzene rings is 2. The van der Waals surface area contributed by atoms with E-state index < -0.39 is 5.91 Å². The molecule has 0 saturated heterocycles. The van der Waals surface area contributed by atoms with Crippen LogP contribution in [0.5, 0.6) is 11.5 Å². The molecule has 0 atom stereocenters. The van der Waals surface area contributed by atoms with E-state index in [1.807, 2.05) is 0 Å². The van der Waals surface area contributed by atoms with Crippen LogP contribution >= 0.6 is 0 Å². The van der Waals surface area contributed by atoms with Gasteiger partial charge in [0.1, 0.15) is 5.75 Å². The van der Waals surface area contributed by atoms with Crippen LogP contribution in [0.4, 0.5) is 5.69 Å². The maximum atomic E-state index is 12.5. The van der Waals surface area contributed by atoms with Crippen LogP contribution in [0.25, 0.3) is 10.8 Å². The fourth-order valence-electron chi connectivity index (χ4n) is 2.57. The Morgan fingerprint density at radius 2 is 1.71 bits per heavy atom. The van der Waals surface area contributed by atoms with Gasteiger partial charge in [0.2, 0.25) is 0 Å². The van der Waals surface area contributed by atoms with Crippen molar-refractivity contribution < 1.29 is 14.6 Å². The molecule has 0 spiro atoms. The van der Waals surface area contributed by atoms with Gasteiger partial charge < -0.3 is 19.7 Å². The highest BCUT2D eigenvalue weighted by Crippen LogP contribution is 2.26. The number of nitrogens with one attached hydrogen (secondary N) is 1. The summed E-state index contributed by atoms with van der Waals surface area (Å²) in [6.45, 7) is 0. The highest BCUT2D eigenvalue weighted by Gasteiger charge is 2.20. The van der Waals surface area contributed by atoms with E-state index >= 15 is 0 Å². The quantitative estimate of drug-likeness (QED) is 0.776. The lowest BCUT2D eigenvalue weighted by Crippen LogP contribution is -2.26. The normalized spacial score (nSPS) is 10.6. The smallest absolute Gasteiger partial charge is 0.276 e. The highest BCUT2D eigenvalue weighted by molar-refractivity contribution is 6.08. The molecule has 0 radical (unpaired) electrons. The summed E-state index contributed by atoms with van der Waals surface area (Å²) >= 11 is 0. The van der Waals surface area contributed by atoms with Gasteiger partial charge in [-0.15, -0.1) is 0 Å². The maximum absolute atomic E-state index is 12.5. The number of ether oxygens (including phenoxy) is 1. The largest absolute Gasteiger partial charge is 0.505 e. The number of amides is 1. The lowest BCUT2D eigenvalue weighted by molar-refractivity contribution is 0.101. The van der Waals surface area contributed by atoms with Crippen molar-refractivity contribution in [2.75, 3.05) is 12.4 Å². The van der Waals surface area contributed by atoms with Gasteiger partial charge in [0.25, 0.3) is 11.5 Å². The average molecular weight is 324 g/mol. The minimum Gasteiger partial charge on any atom is -0.505 e. The van der Waals surface area contributed by atoms with Crippen molar-refractivity contribution in [1.82, 2.24) is 4.57 Å². The predicted molar refractivity (Wildman–Crippen MR) is 91.8 cm³/mol. The van der Waals surface area contributed by atoms with Gasteiger partial charge in [0.05, 0.1) is 12.5 Å². The molecule has 2 aromatic carbocycles. The zero-order valence-electron chi connectivity index (χ0n) is 13.2. The number of aromatic nitrogens is 1. The molecule has 2 N–H and O–H groups in total. The maximum Gasteiger partial charge on any atom is 0.276 e. The Morgan fingerprint density at radius 1 is 1.08 bits per heavy atom. The van der Waals surface area contributed by atoms with Crippen LogP contribution in [-0.4, -0.2) is 22.7 Å². The third kappa shape index (κ3) is 2.58. The van der Waals surface area contributed by atoms with Crippen LogP contribution in [-0.2, 0) is 7.05 Å². The van der Waals surface area contributed by atoms with Crippen molar-refractivity contribution in [2.45, 2.75) is 0 Å². The van der Waals surface area contributed by atoms with Gasteiger partial charge in [-0.05, 0) is 30.3 Å². The second-order valence-electron chi connectivity index (χ2n) is 5.29. The number of nitrogens with zero attached hydrogens (tertiary/aromatic N) is 1. The molecule has 1 aromatic heterocycles. The van der Waals surface area contributed by atoms with Gasteiger partial charge in [0.15, 0.2) is 11.4 Å². The van der Waals surface area contributed by atoms with Crippen LogP contribution in [0.2, 0.25) is 0 Å². The first-order chi connectivity index (χ1) is 11.5. The Kier molecular flexibility index (Phi) is 3.95. The summed E-state index contributed by atoms with van der Waals surface area (Å²) in [4.78, 5) is 24.9. The summed E-state index contributed by atoms with van der Waals surface area (Å²) < 4.78 is 6.21. The lowest BCUT2D eigenvalue weighted by atomic mass is 10.1. The third-order valence-electron chi connectivity index (χ3n) is 3.84. The number of rotatable bonds is 3. The fourth-order valence-corrected chi connectivity index (χ4v) is 2.57. The first kappa shape index (κ1) is 15.6. The molecule has 6 nitrogen and oxygen atoms in total. The lowest BCUT2D eigenvalue weighted by Gasteiger charge is -2.13. The molecule has 3 aromatic rings. The summed E-state index contributed by atoms with van der Waals surface area (Å²) in [7, 11) is 3.01. The Labute approximate surface area is 137 Å². The van der Waals surface area contributed by atoms with E-state index in [0.29, 0.717) is 22.2 Å². The van der Waals surface area contributed by atoms with E-state index in [1.54, 1.807) is 55.6 Å². The van der Waals surface area contributed by atoms with Crippen molar-refractivity contribution in [3.63, 3.8) is 0 Å². The molecule has 0 aliphatic carbocycles. The number of pyridine rings is 1. The molecule has 0 bridgehead atoms. The standard InChI is InChI=1S/C18H16N2O4/c1-20-15(16(21)13-5-3-4-6-14(13)18(20)23)17(22)19-11-7-9-12(24-2)10-8-11/h3-10,21H,1-2H3,(H,19,22). The number of aromatic hydroxyl groups is 1. The summed E-state index contributed by atoms with van der Waals surface area (Å²) in [5.41, 5.74) is 0.0959. The minimum atomic E-state index is -0.567.